The Hall–Kier alpha value is -0.610. The molecule has 0 aliphatic carbocycles. The number of likely N-dealkylation sites (tertiary alicyclic amines) is 1. The minimum Gasteiger partial charge on any atom is -0.391 e. The molecule has 3 atom stereocenters. The number of hydrogen-bond acceptors (Lipinski definition) is 3. The number of nitrogens with zero attached hydrogens (tertiary/aromatic N) is 1. The van der Waals surface area contributed by atoms with E-state index in [1.54, 1.807) is 4.90 Å². The van der Waals surface area contributed by atoms with Crippen LogP contribution in [-0.4, -0.2) is 41.1 Å². The second-order valence-electron chi connectivity index (χ2n) is 4.75. The summed E-state index contributed by atoms with van der Waals surface area (Å²) in [6.45, 7) is 7.00. The van der Waals surface area contributed by atoms with Gasteiger partial charge in [0.25, 0.3) is 0 Å². The van der Waals surface area contributed by atoms with E-state index in [-0.39, 0.29) is 23.8 Å². The van der Waals surface area contributed by atoms with Gasteiger partial charge in [0.05, 0.1) is 12.1 Å². The summed E-state index contributed by atoms with van der Waals surface area (Å²) in [5.41, 5.74) is 5.80. The highest BCUT2D eigenvalue weighted by molar-refractivity contribution is 5.82. The van der Waals surface area contributed by atoms with Crippen LogP contribution >= 0.6 is 0 Å². The van der Waals surface area contributed by atoms with Gasteiger partial charge in [-0.15, -0.1) is 0 Å². The van der Waals surface area contributed by atoms with E-state index >= 15 is 0 Å². The van der Waals surface area contributed by atoms with Gasteiger partial charge < -0.3 is 15.7 Å². The second-order valence-corrected chi connectivity index (χ2v) is 4.75. The zero-order valence-corrected chi connectivity index (χ0v) is 9.81. The third-order valence-electron chi connectivity index (χ3n) is 3.25. The van der Waals surface area contributed by atoms with Crippen molar-refractivity contribution in [2.24, 2.45) is 17.6 Å². The number of hydrogen-bond donors (Lipinski definition) is 2. The highest BCUT2D eigenvalue weighted by atomic mass is 16.3. The van der Waals surface area contributed by atoms with Crippen molar-refractivity contribution in [3.05, 3.63) is 0 Å². The van der Waals surface area contributed by atoms with Gasteiger partial charge in [-0.3, -0.25) is 4.79 Å². The van der Waals surface area contributed by atoms with Crippen LogP contribution in [0.1, 0.15) is 27.2 Å². The maximum atomic E-state index is 11.9. The molecule has 1 saturated heterocycles. The number of β-amino-alcohol motifs (C(OH)–C–C–N with tert-alkyl or cyclic N) is 1. The highest BCUT2D eigenvalue weighted by Crippen LogP contribution is 2.21. The maximum Gasteiger partial charge on any atom is 0.239 e. The molecule has 4 nitrogen and oxygen atoms in total. The Morgan fingerprint density at radius 2 is 2.13 bits per heavy atom. The zero-order chi connectivity index (χ0) is 11.6. The lowest BCUT2D eigenvalue weighted by atomic mass is 10.0. The largest absolute Gasteiger partial charge is 0.391 e. The summed E-state index contributed by atoms with van der Waals surface area (Å²) in [4.78, 5) is 13.6. The lowest BCUT2D eigenvalue weighted by Crippen LogP contribution is -2.45. The molecule has 4 heteroatoms. The average molecular weight is 214 g/mol. The normalized spacial score (nSPS) is 28.5. The summed E-state index contributed by atoms with van der Waals surface area (Å²) in [5, 5.41) is 9.69. The van der Waals surface area contributed by atoms with Crippen LogP contribution in [0.4, 0.5) is 0 Å². The minimum absolute atomic E-state index is 0.0278. The smallest absolute Gasteiger partial charge is 0.239 e. The molecule has 0 radical (unpaired) electrons. The first-order valence-corrected chi connectivity index (χ1v) is 5.69. The molecular weight excluding hydrogens is 192 g/mol. The van der Waals surface area contributed by atoms with Crippen molar-refractivity contribution in [1.82, 2.24) is 4.90 Å². The summed E-state index contributed by atoms with van der Waals surface area (Å²) in [7, 11) is 0. The summed E-state index contributed by atoms with van der Waals surface area (Å²) < 4.78 is 0. The van der Waals surface area contributed by atoms with Gasteiger partial charge in [0, 0.05) is 19.0 Å². The molecular formula is C11H22N2O2. The molecule has 0 saturated carbocycles. The maximum absolute atomic E-state index is 11.9. The number of nitrogens with two attached hydrogens (primary N) is 1. The van der Waals surface area contributed by atoms with Gasteiger partial charge in [-0.05, 0) is 12.3 Å². The third-order valence-corrected chi connectivity index (χ3v) is 3.25. The SMILES string of the molecule is CCC1CN(C(=O)[C@@H](N)C(C)C)CC1O. The summed E-state index contributed by atoms with van der Waals surface area (Å²) in [6, 6.07) is -0.437. The topological polar surface area (TPSA) is 66.6 Å². The van der Waals surface area contributed by atoms with Crippen molar-refractivity contribution in [3.8, 4) is 0 Å². The van der Waals surface area contributed by atoms with Gasteiger partial charge in [-0.2, -0.15) is 0 Å². The number of carbonyl (C=O) groups is 1. The minimum atomic E-state index is -0.437. The third kappa shape index (κ3) is 2.69. The van der Waals surface area contributed by atoms with Gasteiger partial charge in [-0.1, -0.05) is 20.8 Å². The van der Waals surface area contributed by atoms with Gasteiger partial charge in [0.1, 0.15) is 0 Å². The molecule has 1 amide bonds. The van der Waals surface area contributed by atoms with Crippen LogP contribution < -0.4 is 5.73 Å². The number of rotatable bonds is 3. The van der Waals surface area contributed by atoms with Gasteiger partial charge in [0.15, 0.2) is 0 Å². The van der Waals surface area contributed by atoms with Crippen molar-refractivity contribution in [2.45, 2.75) is 39.3 Å². The van der Waals surface area contributed by atoms with E-state index in [0.29, 0.717) is 13.1 Å². The Morgan fingerprint density at radius 3 is 2.53 bits per heavy atom. The molecule has 15 heavy (non-hydrogen) atoms. The average Bonchev–Trinajstić information content (AvgIpc) is 2.57. The van der Waals surface area contributed by atoms with Crippen molar-refractivity contribution in [1.29, 1.82) is 0 Å². The highest BCUT2D eigenvalue weighted by Gasteiger charge is 2.35. The Balaban J connectivity index is 2.56. The molecule has 1 rings (SSSR count). The van der Waals surface area contributed by atoms with Crippen LogP contribution in [-0.2, 0) is 4.79 Å². The monoisotopic (exact) mass is 214 g/mol. The fraction of sp³-hybridized carbons (Fsp3) is 0.909. The Kier molecular flexibility index (Phi) is 4.11. The van der Waals surface area contributed by atoms with Crippen LogP contribution in [0.15, 0.2) is 0 Å². The standard InChI is InChI=1S/C11H22N2O2/c1-4-8-5-13(6-9(8)14)11(15)10(12)7(2)3/h7-10,14H,4-6,12H2,1-3H3/t8?,9?,10-/m0/s1. The zero-order valence-electron chi connectivity index (χ0n) is 9.81. The lowest BCUT2D eigenvalue weighted by molar-refractivity contribution is -0.132. The first-order valence-electron chi connectivity index (χ1n) is 5.69. The van der Waals surface area contributed by atoms with Gasteiger partial charge >= 0.3 is 0 Å². The molecule has 0 aromatic carbocycles. The van der Waals surface area contributed by atoms with Crippen LogP contribution in [0.25, 0.3) is 0 Å². The molecule has 88 valence electrons. The van der Waals surface area contributed by atoms with E-state index in [1.807, 2.05) is 20.8 Å². The molecule has 0 spiro atoms. The van der Waals surface area contributed by atoms with Crippen LogP contribution in [0.2, 0.25) is 0 Å². The summed E-state index contributed by atoms with van der Waals surface area (Å²) in [6.07, 6.45) is 0.528. The van der Waals surface area contributed by atoms with E-state index in [0.717, 1.165) is 6.42 Å². The second kappa shape index (κ2) is 4.94. The molecule has 1 fully saturated rings. The number of amides is 1. The predicted octanol–water partition coefficient (Wildman–Crippen LogP) is 0.199. The molecule has 0 aromatic rings. The summed E-state index contributed by atoms with van der Waals surface area (Å²) in [5.74, 6) is 0.337. The van der Waals surface area contributed by atoms with E-state index in [2.05, 4.69) is 0 Å². The van der Waals surface area contributed by atoms with E-state index < -0.39 is 6.04 Å². The molecule has 0 aromatic heterocycles. The van der Waals surface area contributed by atoms with Crippen molar-refractivity contribution < 1.29 is 9.90 Å². The predicted molar refractivity (Wildman–Crippen MR) is 59.2 cm³/mol. The van der Waals surface area contributed by atoms with Crippen molar-refractivity contribution in [2.75, 3.05) is 13.1 Å². The van der Waals surface area contributed by atoms with Gasteiger partial charge in [-0.25, -0.2) is 0 Å². The molecule has 0 bridgehead atoms. The number of aliphatic hydroxyl groups excluding tert-OH is 1. The van der Waals surface area contributed by atoms with E-state index in [1.165, 1.54) is 0 Å². The fourth-order valence-electron chi connectivity index (χ4n) is 1.93. The Bertz CT molecular complexity index is 231. The van der Waals surface area contributed by atoms with Crippen LogP contribution in [0, 0.1) is 11.8 Å². The first-order chi connectivity index (χ1) is 6.97. The molecule has 2 unspecified atom stereocenters. The van der Waals surface area contributed by atoms with Crippen molar-refractivity contribution >= 4 is 5.91 Å². The van der Waals surface area contributed by atoms with Gasteiger partial charge in [0.2, 0.25) is 5.91 Å². The molecule has 1 aliphatic rings. The number of aliphatic hydroxyl groups is 1. The first kappa shape index (κ1) is 12.5. The van der Waals surface area contributed by atoms with Crippen LogP contribution in [0.5, 0.6) is 0 Å². The van der Waals surface area contributed by atoms with E-state index in [4.69, 9.17) is 5.73 Å². The lowest BCUT2D eigenvalue weighted by Gasteiger charge is -2.22. The fourth-order valence-corrected chi connectivity index (χ4v) is 1.93. The molecule has 1 aliphatic heterocycles. The Morgan fingerprint density at radius 1 is 1.53 bits per heavy atom. The summed E-state index contributed by atoms with van der Waals surface area (Å²) >= 11 is 0. The molecule has 3 N–H and O–H groups in total. The quantitative estimate of drug-likeness (QED) is 0.705. The number of carbonyl (C=O) groups excluding carboxylic acids is 1. The van der Waals surface area contributed by atoms with Crippen molar-refractivity contribution in [3.63, 3.8) is 0 Å². The van der Waals surface area contributed by atoms with Crippen LogP contribution in [0.3, 0.4) is 0 Å². The van der Waals surface area contributed by atoms with E-state index in [9.17, 15) is 9.90 Å². The Labute approximate surface area is 91.4 Å². The molecule has 1 heterocycles.